The fourth-order valence-electron chi connectivity index (χ4n) is 2.47. The second kappa shape index (κ2) is 6.46. The molecule has 0 bridgehead atoms. The van der Waals surface area contributed by atoms with E-state index in [1.807, 2.05) is 12.1 Å². The van der Waals surface area contributed by atoms with Crippen LogP contribution in [-0.4, -0.2) is 32.1 Å². The van der Waals surface area contributed by atoms with Crippen LogP contribution in [0.25, 0.3) is 0 Å². The molecule has 1 atom stereocenters. The lowest BCUT2D eigenvalue weighted by Gasteiger charge is -2.32. The van der Waals surface area contributed by atoms with Crippen molar-refractivity contribution in [3.63, 3.8) is 0 Å². The second-order valence-electron chi connectivity index (χ2n) is 5.34. The molecule has 1 aliphatic rings. The third kappa shape index (κ3) is 3.44. The van der Waals surface area contributed by atoms with Gasteiger partial charge in [-0.3, -0.25) is 5.41 Å². The van der Waals surface area contributed by atoms with Crippen molar-refractivity contribution < 1.29 is 4.74 Å². The molecule has 110 valence electrons. The van der Waals surface area contributed by atoms with Crippen molar-refractivity contribution in [2.24, 2.45) is 11.7 Å². The summed E-state index contributed by atoms with van der Waals surface area (Å²) in [6.07, 6.45) is 2.57. The Bertz CT molecular complexity index is 488. The summed E-state index contributed by atoms with van der Waals surface area (Å²) in [5, 5.41) is 8.11. The van der Waals surface area contributed by atoms with Gasteiger partial charge in [-0.25, -0.2) is 0 Å². The minimum Gasteiger partial charge on any atom is -0.384 e. The van der Waals surface area contributed by atoms with Gasteiger partial charge in [0.25, 0.3) is 0 Å². The quantitative estimate of drug-likeness (QED) is 0.600. The summed E-state index contributed by atoms with van der Waals surface area (Å²) in [5.41, 5.74) is 7.15. The van der Waals surface area contributed by atoms with Crippen LogP contribution in [0, 0.1) is 11.3 Å². The molecule has 1 aliphatic carbocycles. The lowest BCUT2D eigenvalue weighted by atomic mass is 10.1. The number of nitrogen functional groups attached to an aromatic ring is 1. The maximum Gasteiger partial charge on any atom is 0.122 e. The summed E-state index contributed by atoms with van der Waals surface area (Å²) < 4.78 is 5.21. The normalized spacial score (nSPS) is 15.9. The molecule has 1 fully saturated rings. The fourth-order valence-corrected chi connectivity index (χ4v) is 2.76. The second-order valence-corrected chi connectivity index (χ2v) is 5.75. The highest BCUT2D eigenvalue weighted by Crippen LogP contribution is 2.38. The Morgan fingerprint density at radius 1 is 1.55 bits per heavy atom. The molecule has 5 heteroatoms. The van der Waals surface area contributed by atoms with E-state index in [9.17, 15) is 0 Å². The molecule has 1 saturated carbocycles. The van der Waals surface area contributed by atoms with E-state index in [-0.39, 0.29) is 5.84 Å². The standard InChI is InChI=1S/C15H22ClN3O/c1-10(11-3-4-11)19(7-8-20-2)14-6-5-12(15(17)18)9-13(14)16/h5-6,9-11H,3-4,7-8H2,1-2H3,(H3,17,18). The van der Waals surface area contributed by atoms with Crippen LogP contribution in [-0.2, 0) is 4.74 Å². The molecule has 1 aromatic carbocycles. The van der Waals surface area contributed by atoms with Crippen molar-refractivity contribution in [2.75, 3.05) is 25.2 Å². The van der Waals surface area contributed by atoms with Crippen LogP contribution in [0.1, 0.15) is 25.3 Å². The fraction of sp³-hybridized carbons (Fsp3) is 0.533. The number of amidine groups is 1. The molecule has 2 rings (SSSR count). The maximum absolute atomic E-state index is 7.47. The smallest absolute Gasteiger partial charge is 0.122 e. The van der Waals surface area contributed by atoms with E-state index in [4.69, 9.17) is 27.5 Å². The van der Waals surface area contributed by atoms with E-state index in [0.717, 1.165) is 18.2 Å². The van der Waals surface area contributed by atoms with Crippen LogP contribution < -0.4 is 10.6 Å². The average molecular weight is 296 g/mol. The van der Waals surface area contributed by atoms with Gasteiger partial charge >= 0.3 is 0 Å². The number of rotatable bonds is 7. The number of nitrogens with one attached hydrogen (secondary N) is 1. The zero-order valence-electron chi connectivity index (χ0n) is 12.0. The number of nitrogens with zero attached hydrogens (tertiary/aromatic N) is 1. The molecule has 1 aromatic rings. The van der Waals surface area contributed by atoms with Gasteiger partial charge in [-0.1, -0.05) is 11.6 Å². The molecule has 0 saturated heterocycles. The largest absolute Gasteiger partial charge is 0.384 e. The van der Waals surface area contributed by atoms with Gasteiger partial charge in [-0.15, -0.1) is 0 Å². The number of methoxy groups -OCH3 is 1. The first-order valence-electron chi connectivity index (χ1n) is 6.94. The van der Waals surface area contributed by atoms with E-state index in [0.29, 0.717) is 23.2 Å². The number of halogens is 1. The van der Waals surface area contributed by atoms with Gasteiger partial charge in [-0.2, -0.15) is 0 Å². The third-order valence-corrected chi connectivity index (χ3v) is 4.20. The van der Waals surface area contributed by atoms with E-state index in [2.05, 4.69) is 11.8 Å². The molecular formula is C15H22ClN3O. The van der Waals surface area contributed by atoms with Gasteiger partial charge in [0.05, 0.1) is 17.3 Å². The Balaban J connectivity index is 2.25. The zero-order valence-corrected chi connectivity index (χ0v) is 12.8. The molecule has 4 nitrogen and oxygen atoms in total. The predicted molar refractivity (Wildman–Crippen MR) is 83.9 cm³/mol. The average Bonchev–Trinajstić information content (AvgIpc) is 3.24. The van der Waals surface area contributed by atoms with Crippen LogP contribution >= 0.6 is 11.6 Å². The summed E-state index contributed by atoms with van der Waals surface area (Å²) in [6.45, 7) is 3.72. The van der Waals surface area contributed by atoms with Crippen molar-refractivity contribution in [3.05, 3.63) is 28.8 Å². The molecule has 0 spiro atoms. The number of nitrogens with two attached hydrogens (primary N) is 1. The summed E-state index contributed by atoms with van der Waals surface area (Å²) in [6, 6.07) is 6.01. The van der Waals surface area contributed by atoms with Crippen LogP contribution in [0.5, 0.6) is 0 Å². The van der Waals surface area contributed by atoms with Crippen molar-refractivity contribution in [2.45, 2.75) is 25.8 Å². The molecule has 0 amide bonds. The summed E-state index contributed by atoms with van der Waals surface area (Å²) in [5.74, 6) is 0.785. The summed E-state index contributed by atoms with van der Waals surface area (Å²) >= 11 is 6.38. The number of ether oxygens (including phenoxy) is 1. The van der Waals surface area contributed by atoms with Gasteiger partial charge < -0.3 is 15.4 Å². The van der Waals surface area contributed by atoms with E-state index in [1.54, 1.807) is 13.2 Å². The predicted octanol–water partition coefficient (Wildman–Crippen LogP) is 2.88. The van der Waals surface area contributed by atoms with Crippen LogP contribution in [0.15, 0.2) is 18.2 Å². The Morgan fingerprint density at radius 2 is 2.25 bits per heavy atom. The number of benzene rings is 1. The van der Waals surface area contributed by atoms with Gasteiger partial charge in [0.2, 0.25) is 0 Å². The van der Waals surface area contributed by atoms with Gasteiger partial charge in [0, 0.05) is 25.3 Å². The highest BCUT2D eigenvalue weighted by atomic mass is 35.5. The molecule has 1 unspecified atom stereocenters. The monoisotopic (exact) mass is 295 g/mol. The topological polar surface area (TPSA) is 62.3 Å². The highest BCUT2D eigenvalue weighted by molar-refractivity contribution is 6.33. The SMILES string of the molecule is COCCN(c1ccc(C(=N)N)cc1Cl)C(C)C1CC1. The van der Waals surface area contributed by atoms with Gasteiger partial charge in [0.15, 0.2) is 0 Å². The van der Waals surface area contributed by atoms with Crippen molar-refractivity contribution in [1.29, 1.82) is 5.41 Å². The number of hydrogen-bond donors (Lipinski definition) is 2. The van der Waals surface area contributed by atoms with Gasteiger partial charge in [-0.05, 0) is 43.9 Å². The molecular weight excluding hydrogens is 274 g/mol. The maximum atomic E-state index is 7.47. The molecule has 3 N–H and O–H groups in total. The first kappa shape index (κ1) is 15.1. The lowest BCUT2D eigenvalue weighted by Crippen LogP contribution is -2.37. The zero-order chi connectivity index (χ0) is 14.7. The Kier molecular flexibility index (Phi) is 4.89. The van der Waals surface area contributed by atoms with E-state index >= 15 is 0 Å². The van der Waals surface area contributed by atoms with Crippen molar-refractivity contribution in [1.82, 2.24) is 0 Å². The first-order valence-corrected chi connectivity index (χ1v) is 7.32. The molecule has 0 radical (unpaired) electrons. The van der Waals surface area contributed by atoms with Crippen LogP contribution in [0.3, 0.4) is 0 Å². The minimum atomic E-state index is 0.0390. The Morgan fingerprint density at radius 3 is 2.75 bits per heavy atom. The van der Waals surface area contributed by atoms with E-state index < -0.39 is 0 Å². The minimum absolute atomic E-state index is 0.0390. The Hall–Kier alpha value is -1.26. The highest BCUT2D eigenvalue weighted by Gasteiger charge is 2.32. The first-order chi connectivity index (χ1) is 9.54. The molecule has 20 heavy (non-hydrogen) atoms. The van der Waals surface area contributed by atoms with E-state index in [1.165, 1.54) is 12.8 Å². The molecule has 0 heterocycles. The van der Waals surface area contributed by atoms with Crippen LogP contribution in [0.4, 0.5) is 5.69 Å². The van der Waals surface area contributed by atoms with Crippen molar-refractivity contribution in [3.8, 4) is 0 Å². The number of hydrogen-bond acceptors (Lipinski definition) is 3. The molecule has 0 aliphatic heterocycles. The van der Waals surface area contributed by atoms with Crippen LogP contribution in [0.2, 0.25) is 5.02 Å². The lowest BCUT2D eigenvalue weighted by molar-refractivity contribution is 0.202. The Labute approximate surface area is 125 Å². The van der Waals surface area contributed by atoms with Gasteiger partial charge in [0.1, 0.15) is 5.84 Å². The summed E-state index contributed by atoms with van der Waals surface area (Å²) in [7, 11) is 1.71. The summed E-state index contributed by atoms with van der Waals surface area (Å²) in [4.78, 5) is 2.30. The van der Waals surface area contributed by atoms with Crippen molar-refractivity contribution >= 4 is 23.1 Å². The molecule has 0 aromatic heterocycles. The third-order valence-electron chi connectivity index (χ3n) is 3.90. The number of anilines is 1.